The fourth-order valence-electron chi connectivity index (χ4n) is 2.49. The normalized spacial score (nSPS) is 22.2. The average Bonchev–Trinajstić information content (AvgIpc) is 2.39. The smallest absolute Gasteiger partial charge is 0.139 e. The van der Waals surface area contributed by atoms with Gasteiger partial charge in [-0.25, -0.2) is 0 Å². The molecule has 0 bridgehead atoms. The molecular formula is C16H22N2O. The first-order chi connectivity index (χ1) is 9.15. The summed E-state index contributed by atoms with van der Waals surface area (Å²) in [6, 6.07) is 10.3. The number of carbonyl (C=O) groups excluding carboxylic acids is 1. The number of likely N-dealkylation sites (N-methyl/N-ethyl adjacent to an activating group) is 1. The van der Waals surface area contributed by atoms with E-state index in [4.69, 9.17) is 0 Å². The van der Waals surface area contributed by atoms with Crippen LogP contribution in [0.4, 0.5) is 0 Å². The Morgan fingerprint density at radius 1 is 1.21 bits per heavy atom. The largest absolute Gasteiger partial charge is 0.308 e. The number of hydrogen-bond donors (Lipinski definition) is 0. The van der Waals surface area contributed by atoms with Gasteiger partial charge in [0.25, 0.3) is 0 Å². The summed E-state index contributed by atoms with van der Waals surface area (Å²) < 4.78 is 0. The van der Waals surface area contributed by atoms with Crippen LogP contribution in [0.1, 0.15) is 30.7 Å². The van der Waals surface area contributed by atoms with Gasteiger partial charge in [0.1, 0.15) is 5.78 Å². The van der Waals surface area contributed by atoms with Crippen LogP contribution < -0.4 is 0 Å². The molecule has 3 nitrogen and oxygen atoms in total. The molecule has 1 saturated carbocycles. The van der Waals surface area contributed by atoms with E-state index in [1.807, 2.05) is 32.3 Å². The predicted octanol–water partition coefficient (Wildman–Crippen LogP) is 2.53. The Morgan fingerprint density at radius 2 is 1.95 bits per heavy atom. The van der Waals surface area contributed by atoms with Gasteiger partial charge in [-0.2, -0.15) is 0 Å². The molecule has 0 spiro atoms. The fraction of sp³-hybridized carbons (Fsp3) is 0.500. The Hall–Kier alpha value is -1.48. The first-order valence-electron chi connectivity index (χ1n) is 6.88. The van der Waals surface area contributed by atoms with Crippen molar-refractivity contribution >= 4 is 11.5 Å². The van der Waals surface area contributed by atoms with Gasteiger partial charge in [0, 0.05) is 25.1 Å². The molecule has 1 atom stereocenters. The third-order valence-electron chi connectivity index (χ3n) is 3.51. The lowest BCUT2D eigenvalue weighted by molar-refractivity contribution is -0.118. The van der Waals surface area contributed by atoms with E-state index in [1.54, 1.807) is 0 Å². The first kappa shape index (κ1) is 13.9. The van der Waals surface area contributed by atoms with Gasteiger partial charge in [-0.1, -0.05) is 30.3 Å². The summed E-state index contributed by atoms with van der Waals surface area (Å²) in [5.74, 6) is 0.643. The number of nitrogens with zero attached hydrogens (tertiary/aromatic N) is 2. The van der Waals surface area contributed by atoms with Crippen molar-refractivity contribution < 1.29 is 4.79 Å². The number of carbonyl (C=O) groups is 1. The molecule has 19 heavy (non-hydrogen) atoms. The summed E-state index contributed by atoms with van der Waals surface area (Å²) in [4.78, 5) is 18.6. The van der Waals surface area contributed by atoms with E-state index in [2.05, 4.69) is 22.0 Å². The van der Waals surface area contributed by atoms with Gasteiger partial charge in [0.05, 0.1) is 6.54 Å². The summed E-state index contributed by atoms with van der Waals surface area (Å²) in [7, 11) is 4.08. The molecule has 3 heteroatoms. The summed E-state index contributed by atoms with van der Waals surface area (Å²) in [5.41, 5.74) is 2.34. The van der Waals surface area contributed by atoms with Crippen molar-refractivity contribution in [3.8, 4) is 0 Å². The topological polar surface area (TPSA) is 32.7 Å². The van der Waals surface area contributed by atoms with Crippen LogP contribution in [-0.4, -0.2) is 43.6 Å². The zero-order valence-electron chi connectivity index (χ0n) is 11.8. The second kappa shape index (κ2) is 6.62. The van der Waals surface area contributed by atoms with E-state index in [0.29, 0.717) is 24.5 Å². The van der Waals surface area contributed by atoms with E-state index < -0.39 is 0 Å². The maximum absolute atomic E-state index is 11.9. The third kappa shape index (κ3) is 4.28. The second-order valence-electron chi connectivity index (χ2n) is 5.48. The Labute approximate surface area is 115 Å². The van der Waals surface area contributed by atoms with Crippen molar-refractivity contribution in [3.05, 3.63) is 35.9 Å². The van der Waals surface area contributed by atoms with Crippen LogP contribution in [0.5, 0.6) is 0 Å². The van der Waals surface area contributed by atoms with E-state index in [1.165, 1.54) is 5.56 Å². The predicted molar refractivity (Wildman–Crippen MR) is 78.9 cm³/mol. The quantitative estimate of drug-likeness (QED) is 0.831. The minimum Gasteiger partial charge on any atom is -0.308 e. The highest BCUT2D eigenvalue weighted by atomic mass is 16.1. The number of hydrogen-bond acceptors (Lipinski definition) is 3. The highest BCUT2D eigenvalue weighted by Gasteiger charge is 2.24. The molecule has 0 aromatic heterocycles. The SMILES string of the molecule is CN(C)CCN=C1CC(=O)C[C@@H](c2ccccc2)C1. The van der Waals surface area contributed by atoms with Crippen molar-refractivity contribution in [1.82, 2.24) is 4.90 Å². The first-order valence-corrected chi connectivity index (χ1v) is 6.88. The van der Waals surface area contributed by atoms with Crippen molar-refractivity contribution in [2.24, 2.45) is 4.99 Å². The zero-order valence-corrected chi connectivity index (χ0v) is 11.8. The number of aliphatic imine (C=N–C) groups is 1. The molecule has 1 aliphatic carbocycles. The Morgan fingerprint density at radius 3 is 2.63 bits per heavy atom. The van der Waals surface area contributed by atoms with Crippen molar-refractivity contribution in [2.45, 2.75) is 25.2 Å². The summed E-state index contributed by atoms with van der Waals surface area (Å²) >= 11 is 0. The average molecular weight is 258 g/mol. The van der Waals surface area contributed by atoms with Gasteiger partial charge in [0.15, 0.2) is 0 Å². The van der Waals surface area contributed by atoms with E-state index in [9.17, 15) is 4.79 Å². The lowest BCUT2D eigenvalue weighted by atomic mass is 9.82. The maximum atomic E-state index is 11.9. The minimum atomic E-state index is 0.320. The lowest BCUT2D eigenvalue weighted by Gasteiger charge is -2.23. The van der Waals surface area contributed by atoms with Crippen LogP contribution in [0.25, 0.3) is 0 Å². The number of Topliss-reactive ketones (excluding diaryl/α,β-unsaturated/α-hetero) is 1. The van der Waals surface area contributed by atoms with E-state index >= 15 is 0 Å². The Bertz CT molecular complexity index is 451. The zero-order chi connectivity index (χ0) is 13.7. The van der Waals surface area contributed by atoms with Crippen LogP contribution in [-0.2, 0) is 4.79 Å². The second-order valence-corrected chi connectivity index (χ2v) is 5.48. The molecule has 2 rings (SSSR count). The molecule has 0 heterocycles. The minimum absolute atomic E-state index is 0.320. The van der Waals surface area contributed by atoms with Crippen molar-refractivity contribution in [2.75, 3.05) is 27.2 Å². The molecule has 1 fully saturated rings. The third-order valence-corrected chi connectivity index (χ3v) is 3.51. The molecule has 1 aromatic rings. The van der Waals surface area contributed by atoms with Crippen LogP contribution >= 0.6 is 0 Å². The Balaban J connectivity index is 2.02. The van der Waals surface area contributed by atoms with Gasteiger partial charge in [0.2, 0.25) is 0 Å². The van der Waals surface area contributed by atoms with Crippen molar-refractivity contribution in [1.29, 1.82) is 0 Å². The molecule has 0 radical (unpaired) electrons. The van der Waals surface area contributed by atoms with E-state index in [0.717, 1.165) is 25.2 Å². The summed E-state index contributed by atoms with van der Waals surface area (Å²) in [6.45, 7) is 1.73. The van der Waals surface area contributed by atoms with Crippen LogP contribution in [0, 0.1) is 0 Å². The fourth-order valence-corrected chi connectivity index (χ4v) is 2.49. The van der Waals surface area contributed by atoms with Gasteiger partial charge >= 0.3 is 0 Å². The Kier molecular flexibility index (Phi) is 4.86. The van der Waals surface area contributed by atoms with Crippen LogP contribution in [0.2, 0.25) is 0 Å². The van der Waals surface area contributed by atoms with Gasteiger partial charge in [-0.3, -0.25) is 9.79 Å². The highest BCUT2D eigenvalue weighted by Crippen LogP contribution is 2.29. The molecule has 102 valence electrons. The molecular weight excluding hydrogens is 236 g/mol. The van der Waals surface area contributed by atoms with Gasteiger partial charge in [-0.15, -0.1) is 0 Å². The van der Waals surface area contributed by atoms with E-state index in [-0.39, 0.29) is 0 Å². The monoisotopic (exact) mass is 258 g/mol. The number of ketones is 1. The van der Waals surface area contributed by atoms with Crippen molar-refractivity contribution in [3.63, 3.8) is 0 Å². The maximum Gasteiger partial charge on any atom is 0.139 e. The van der Waals surface area contributed by atoms with Gasteiger partial charge in [-0.05, 0) is 32.0 Å². The number of rotatable bonds is 4. The molecule has 0 aliphatic heterocycles. The highest BCUT2D eigenvalue weighted by molar-refractivity contribution is 6.05. The van der Waals surface area contributed by atoms with Gasteiger partial charge < -0.3 is 4.90 Å². The molecule has 0 saturated heterocycles. The summed E-state index contributed by atoms with van der Waals surface area (Å²) in [5, 5.41) is 0. The van der Waals surface area contributed by atoms with Crippen LogP contribution in [0.15, 0.2) is 35.3 Å². The molecule has 1 aromatic carbocycles. The molecule has 0 amide bonds. The standard InChI is InChI=1S/C16H22N2O/c1-18(2)9-8-17-15-10-14(11-16(19)12-15)13-6-4-3-5-7-13/h3-7,14H,8-12H2,1-2H3/t14-/m0/s1. The number of benzene rings is 1. The summed E-state index contributed by atoms with van der Waals surface area (Å²) in [6.07, 6.45) is 2.15. The lowest BCUT2D eigenvalue weighted by Crippen LogP contribution is -2.23. The molecule has 0 unspecified atom stereocenters. The molecule has 0 N–H and O–H groups in total. The molecule has 1 aliphatic rings. The van der Waals surface area contributed by atoms with Crippen LogP contribution in [0.3, 0.4) is 0 Å².